The molecule has 0 spiro atoms. The molecule has 0 fully saturated rings. The van der Waals surface area contributed by atoms with Crippen LogP contribution in [-0.2, 0) is 5.60 Å². The van der Waals surface area contributed by atoms with Crippen LogP contribution in [0.3, 0.4) is 0 Å². The quantitative estimate of drug-likeness (QED) is 0.236. The van der Waals surface area contributed by atoms with Crippen molar-refractivity contribution in [2.75, 3.05) is 0 Å². The van der Waals surface area contributed by atoms with Gasteiger partial charge in [-0.2, -0.15) is 0 Å². The van der Waals surface area contributed by atoms with Gasteiger partial charge in [-0.3, -0.25) is 0 Å². The van der Waals surface area contributed by atoms with Crippen molar-refractivity contribution >= 4 is 26.7 Å². The predicted octanol–water partition coefficient (Wildman–Crippen LogP) is 9.33. The second-order valence-electron chi connectivity index (χ2n) is 9.57. The van der Waals surface area contributed by atoms with Crippen LogP contribution in [-0.4, -0.2) is 5.11 Å². The Labute approximate surface area is 229 Å². The van der Waals surface area contributed by atoms with E-state index in [4.69, 9.17) is 4.74 Å². The van der Waals surface area contributed by atoms with Gasteiger partial charge in [0.05, 0.1) is 0 Å². The number of halogens is 1. The largest absolute Gasteiger partial charge is 0.456 e. The van der Waals surface area contributed by atoms with Gasteiger partial charge in [-0.1, -0.05) is 125 Å². The molecule has 0 aromatic heterocycles. The van der Waals surface area contributed by atoms with Gasteiger partial charge in [-0.15, -0.1) is 0 Å². The number of ether oxygens (including phenoxy) is 1. The first kappa shape index (κ1) is 23.0. The lowest BCUT2D eigenvalue weighted by atomic mass is 9.77. The van der Waals surface area contributed by atoms with Gasteiger partial charge < -0.3 is 9.84 Å². The molecule has 1 unspecified atom stereocenters. The van der Waals surface area contributed by atoms with Crippen LogP contribution in [0.5, 0.6) is 11.5 Å². The van der Waals surface area contributed by atoms with E-state index in [0.717, 1.165) is 54.4 Å². The molecular formula is C35H23BrO2. The molecule has 0 saturated heterocycles. The van der Waals surface area contributed by atoms with E-state index < -0.39 is 5.60 Å². The Kier molecular flexibility index (Phi) is 5.43. The second kappa shape index (κ2) is 8.98. The summed E-state index contributed by atoms with van der Waals surface area (Å²) in [6.45, 7) is 0. The minimum atomic E-state index is -1.48. The van der Waals surface area contributed by atoms with E-state index in [1.807, 2.05) is 78.9 Å². The summed E-state index contributed by atoms with van der Waals surface area (Å²) in [4.78, 5) is 0. The molecule has 182 valence electrons. The van der Waals surface area contributed by atoms with E-state index in [0.29, 0.717) is 11.3 Å². The highest BCUT2D eigenvalue weighted by Gasteiger charge is 2.42. The molecule has 38 heavy (non-hydrogen) atoms. The second-order valence-corrected chi connectivity index (χ2v) is 10.5. The molecule has 6 aromatic rings. The van der Waals surface area contributed by atoms with E-state index in [1.54, 1.807) is 0 Å². The minimum absolute atomic E-state index is 0.609. The SMILES string of the molecule is OC1(c2ccccc2Oc2cccc3ccccc23)c2ccccc2-c2ccccc2-c2ccc(Br)cc21. The monoisotopic (exact) mass is 554 g/mol. The summed E-state index contributed by atoms with van der Waals surface area (Å²) in [5.41, 5.74) is 5.00. The molecule has 0 saturated carbocycles. The number of hydrogen-bond acceptors (Lipinski definition) is 2. The number of aliphatic hydroxyl groups is 1. The van der Waals surface area contributed by atoms with Crippen molar-refractivity contribution in [3.05, 3.63) is 155 Å². The Hall–Kier alpha value is -4.18. The Bertz CT molecular complexity index is 1840. The highest BCUT2D eigenvalue weighted by molar-refractivity contribution is 9.10. The van der Waals surface area contributed by atoms with Gasteiger partial charge >= 0.3 is 0 Å². The zero-order chi connectivity index (χ0) is 25.7. The molecule has 1 aliphatic rings. The van der Waals surface area contributed by atoms with E-state index >= 15 is 0 Å². The summed E-state index contributed by atoms with van der Waals surface area (Å²) >= 11 is 3.68. The van der Waals surface area contributed by atoms with Crippen molar-refractivity contribution in [3.63, 3.8) is 0 Å². The maximum atomic E-state index is 13.1. The van der Waals surface area contributed by atoms with Crippen molar-refractivity contribution in [2.45, 2.75) is 5.60 Å². The van der Waals surface area contributed by atoms with Crippen LogP contribution in [0.1, 0.15) is 16.7 Å². The third-order valence-electron chi connectivity index (χ3n) is 7.44. The van der Waals surface area contributed by atoms with Crippen LogP contribution < -0.4 is 4.74 Å². The van der Waals surface area contributed by atoms with E-state index in [2.05, 4.69) is 70.5 Å². The average molecular weight is 555 g/mol. The fourth-order valence-electron chi connectivity index (χ4n) is 5.73. The van der Waals surface area contributed by atoms with Gasteiger partial charge in [-0.25, -0.2) is 0 Å². The molecule has 0 bridgehead atoms. The summed E-state index contributed by atoms with van der Waals surface area (Å²) in [6.07, 6.45) is 0. The number of hydrogen-bond donors (Lipinski definition) is 1. The summed E-state index contributed by atoms with van der Waals surface area (Å²) in [5.74, 6) is 1.36. The van der Waals surface area contributed by atoms with Crippen molar-refractivity contribution in [1.82, 2.24) is 0 Å². The number of rotatable bonds is 3. The van der Waals surface area contributed by atoms with Gasteiger partial charge in [0.1, 0.15) is 17.1 Å². The fourth-order valence-corrected chi connectivity index (χ4v) is 6.09. The zero-order valence-electron chi connectivity index (χ0n) is 20.4. The first-order chi connectivity index (χ1) is 18.6. The molecule has 1 aliphatic carbocycles. The van der Waals surface area contributed by atoms with Crippen molar-refractivity contribution in [2.24, 2.45) is 0 Å². The predicted molar refractivity (Wildman–Crippen MR) is 158 cm³/mol. The Morgan fingerprint density at radius 1 is 0.500 bits per heavy atom. The van der Waals surface area contributed by atoms with Gasteiger partial charge in [-0.05, 0) is 51.9 Å². The third kappa shape index (κ3) is 3.51. The number of benzene rings is 6. The highest BCUT2D eigenvalue weighted by atomic mass is 79.9. The molecule has 0 heterocycles. The van der Waals surface area contributed by atoms with Crippen molar-refractivity contribution < 1.29 is 9.84 Å². The van der Waals surface area contributed by atoms with Gasteiger partial charge in [0.25, 0.3) is 0 Å². The summed E-state index contributed by atoms with van der Waals surface area (Å²) < 4.78 is 7.55. The first-order valence-corrected chi connectivity index (χ1v) is 13.4. The normalized spacial score (nSPS) is 15.7. The standard InChI is InChI=1S/C35H23BrO2/c36-24-20-21-29-27-14-4-3-13-26(27)28-15-5-6-16-30(28)35(37,32(29)22-24)31-17-7-8-18-34(31)38-33-19-9-11-23-10-1-2-12-25(23)33/h1-22,37H. The lowest BCUT2D eigenvalue weighted by Crippen LogP contribution is -2.30. The average Bonchev–Trinajstić information content (AvgIpc) is 3.06. The fraction of sp³-hybridized carbons (Fsp3) is 0.0286. The first-order valence-electron chi connectivity index (χ1n) is 12.6. The number of fused-ring (bicyclic) bond motifs is 6. The summed E-state index contributed by atoms with van der Waals surface area (Å²) in [6, 6.07) is 44.7. The molecule has 0 radical (unpaired) electrons. The maximum absolute atomic E-state index is 13.1. The van der Waals surface area contributed by atoms with Crippen molar-refractivity contribution in [3.8, 4) is 33.8 Å². The molecule has 0 aliphatic heterocycles. The van der Waals surface area contributed by atoms with E-state index in [-0.39, 0.29) is 0 Å². The Morgan fingerprint density at radius 2 is 1.08 bits per heavy atom. The molecule has 3 heteroatoms. The molecule has 1 atom stereocenters. The maximum Gasteiger partial charge on any atom is 0.145 e. The minimum Gasteiger partial charge on any atom is -0.456 e. The van der Waals surface area contributed by atoms with Gasteiger partial charge in [0.15, 0.2) is 0 Å². The topological polar surface area (TPSA) is 29.5 Å². The molecule has 7 rings (SSSR count). The highest BCUT2D eigenvalue weighted by Crippen LogP contribution is 2.53. The lowest BCUT2D eigenvalue weighted by Gasteiger charge is -2.33. The zero-order valence-corrected chi connectivity index (χ0v) is 22.0. The molecule has 6 aromatic carbocycles. The summed E-state index contributed by atoms with van der Waals surface area (Å²) in [5, 5.41) is 15.2. The van der Waals surface area contributed by atoms with Crippen LogP contribution in [0.25, 0.3) is 33.0 Å². The van der Waals surface area contributed by atoms with Gasteiger partial charge in [0.2, 0.25) is 0 Å². The Morgan fingerprint density at radius 3 is 1.89 bits per heavy atom. The van der Waals surface area contributed by atoms with Crippen LogP contribution >= 0.6 is 15.9 Å². The molecule has 0 amide bonds. The van der Waals surface area contributed by atoms with Crippen molar-refractivity contribution in [1.29, 1.82) is 0 Å². The summed E-state index contributed by atoms with van der Waals surface area (Å²) in [7, 11) is 0. The van der Waals surface area contributed by atoms with Crippen LogP contribution in [0.2, 0.25) is 0 Å². The molecule has 2 nitrogen and oxygen atoms in total. The van der Waals surface area contributed by atoms with Gasteiger partial charge in [0, 0.05) is 26.5 Å². The third-order valence-corrected chi connectivity index (χ3v) is 7.94. The lowest BCUT2D eigenvalue weighted by molar-refractivity contribution is 0.124. The Balaban J connectivity index is 1.53. The van der Waals surface area contributed by atoms with Crippen LogP contribution in [0, 0.1) is 0 Å². The molecular weight excluding hydrogens is 532 g/mol. The van der Waals surface area contributed by atoms with E-state index in [1.165, 1.54) is 0 Å². The molecule has 1 N–H and O–H groups in total. The van der Waals surface area contributed by atoms with Crippen LogP contribution in [0.4, 0.5) is 0 Å². The van der Waals surface area contributed by atoms with Crippen LogP contribution in [0.15, 0.2) is 138 Å². The smallest absolute Gasteiger partial charge is 0.145 e. The number of para-hydroxylation sites is 1. The van der Waals surface area contributed by atoms with E-state index in [9.17, 15) is 5.11 Å².